The van der Waals surface area contributed by atoms with Crippen LogP contribution in [0.3, 0.4) is 0 Å². The number of nitrogens with zero attached hydrogens (tertiary/aromatic N) is 4. The molecule has 0 unspecified atom stereocenters. The van der Waals surface area contributed by atoms with Crippen LogP contribution in [0.2, 0.25) is 0 Å². The molecule has 6 heteroatoms. The predicted molar refractivity (Wildman–Crippen MR) is 126 cm³/mol. The van der Waals surface area contributed by atoms with Crippen LogP contribution in [-0.4, -0.2) is 20.7 Å². The van der Waals surface area contributed by atoms with E-state index in [0.29, 0.717) is 12.4 Å². The van der Waals surface area contributed by atoms with Crippen molar-refractivity contribution >= 4 is 12.0 Å². The lowest BCUT2D eigenvalue weighted by atomic mass is 10.1. The van der Waals surface area contributed by atoms with Gasteiger partial charge in [0.25, 0.3) is 5.56 Å². The summed E-state index contributed by atoms with van der Waals surface area (Å²) in [7, 11) is 0. The predicted octanol–water partition coefficient (Wildman–Crippen LogP) is 4.15. The molecule has 156 valence electrons. The van der Waals surface area contributed by atoms with Crippen molar-refractivity contribution in [2.24, 2.45) is 5.10 Å². The van der Waals surface area contributed by atoms with Crippen LogP contribution in [0.1, 0.15) is 27.8 Å². The van der Waals surface area contributed by atoms with Gasteiger partial charge >= 0.3 is 0 Å². The van der Waals surface area contributed by atoms with Crippen LogP contribution in [-0.2, 0) is 6.54 Å². The number of pyridine rings is 1. The lowest BCUT2D eigenvalue weighted by Gasteiger charge is -2.04. The Morgan fingerprint density at radius 3 is 2.23 bits per heavy atom. The second-order valence-corrected chi connectivity index (χ2v) is 7.83. The Morgan fingerprint density at radius 1 is 0.935 bits per heavy atom. The highest BCUT2D eigenvalue weighted by molar-refractivity contribution is 5.88. The molecule has 0 spiro atoms. The van der Waals surface area contributed by atoms with Gasteiger partial charge in [0, 0.05) is 23.4 Å². The zero-order valence-corrected chi connectivity index (χ0v) is 17.9. The van der Waals surface area contributed by atoms with Gasteiger partial charge in [0.05, 0.1) is 12.8 Å². The van der Waals surface area contributed by atoms with E-state index in [0.717, 1.165) is 27.9 Å². The largest absolute Gasteiger partial charge is 0.384 e. The second-order valence-electron chi connectivity index (χ2n) is 7.83. The first-order valence-electron chi connectivity index (χ1n) is 10.1. The van der Waals surface area contributed by atoms with E-state index in [2.05, 4.69) is 55.3 Å². The highest BCUT2D eigenvalue weighted by atomic mass is 16.1. The fourth-order valence-corrected chi connectivity index (χ4v) is 3.39. The summed E-state index contributed by atoms with van der Waals surface area (Å²) < 4.78 is 3.09. The van der Waals surface area contributed by atoms with Gasteiger partial charge in [-0.1, -0.05) is 59.7 Å². The van der Waals surface area contributed by atoms with Crippen LogP contribution in [0.4, 0.5) is 5.82 Å². The molecule has 2 N–H and O–H groups in total. The quantitative estimate of drug-likeness (QED) is 0.501. The zero-order valence-electron chi connectivity index (χ0n) is 17.9. The van der Waals surface area contributed by atoms with E-state index < -0.39 is 0 Å². The third-order valence-electron chi connectivity index (χ3n) is 5.07. The molecular weight excluding hydrogens is 386 g/mol. The summed E-state index contributed by atoms with van der Waals surface area (Å²) in [5.74, 6) is 0.296. The number of aromatic nitrogens is 3. The molecule has 0 radical (unpaired) electrons. The second kappa shape index (κ2) is 8.44. The molecule has 2 aromatic heterocycles. The lowest BCUT2D eigenvalue weighted by Crippen LogP contribution is -2.19. The summed E-state index contributed by atoms with van der Waals surface area (Å²) in [6.07, 6.45) is 3.58. The molecule has 4 aromatic rings. The Hall–Kier alpha value is -3.93. The Labute approximate surface area is 181 Å². The third-order valence-corrected chi connectivity index (χ3v) is 5.07. The molecule has 0 amide bonds. The summed E-state index contributed by atoms with van der Waals surface area (Å²) >= 11 is 0. The van der Waals surface area contributed by atoms with Gasteiger partial charge < -0.3 is 5.73 Å². The van der Waals surface area contributed by atoms with Crippen LogP contribution in [0.25, 0.3) is 11.3 Å². The highest BCUT2D eigenvalue weighted by Gasteiger charge is 2.11. The number of aryl methyl sites for hydroxylation is 3. The maximum atomic E-state index is 12.3. The Morgan fingerprint density at radius 2 is 1.58 bits per heavy atom. The third kappa shape index (κ3) is 4.64. The maximum Gasteiger partial charge on any atom is 0.273 e. The number of hydrogen-bond donors (Lipinski definition) is 1. The van der Waals surface area contributed by atoms with Crippen LogP contribution in [0.5, 0.6) is 0 Å². The molecule has 0 aliphatic heterocycles. The first-order valence-corrected chi connectivity index (χ1v) is 10.1. The van der Waals surface area contributed by atoms with Gasteiger partial charge in [0.1, 0.15) is 11.5 Å². The van der Waals surface area contributed by atoms with Crippen molar-refractivity contribution in [3.8, 4) is 11.3 Å². The molecule has 0 bridgehead atoms. The maximum absolute atomic E-state index is 12.3. The lowest BCUT2D eigenvalue weighted by molar-refractivity contribution is 0.689. The molecule has 2 heterocycles. The Balaban J connectivity index is 1.74. The van der Waals surface area contributed by atoms with Crippen molar-refractivity contribution in [1.29, 1.82) is 0 Å². The van der Waals surface area contributed by atoms with E-state index in [4.69, 9.17) is 10.8 Å². The zero-order chi connectivity index (χ0) is 22.0. The Bertz CT molecular complexity index is 1300. The van der Waals surface area contributed by atoms with E-state index in [1.165, 1.54) is 21.9 Å². The van der Waals surface area contributed by atoms with Gasteiger partial charge in [0.2, 0.25) is 0 Å². The van der Waals surface area contributed by atoms with Crippen LogP contribution >= 0.6 is 0 Å². The van der Waals surface area contributed by atoms with E-state index in [1.807, 2.05) is 29.9 Å². The molecule has 0 aliphatic carbocycles. The molecule has 6 nitrogen and oxygen atoms in total. The fourth-order valence-electron chi connectivity index (χ4n) is 3.39. The van der Waals surface area contributed by atoms with Crippen LogP contribution in [0, 0.1) is 20.8 Å². The molecule has 0 saturated heterocycles. The summed E-state index contributed by atoms with van der Waals surface area (Å²) in [4.78, 5) is 12.3. The van der Waals surface area contributed by atoms with Crippen molar-refractivity contribution in [2.75, 3.05) is 5.73 Å². The first-order chi connectivity index (χ1) is 14.9. The molecule has 0 saturated carbocycles. The SMILES string of the molecule is Cc1ccc(Cn2cc(/C=N\n3c(N)cc(C)cc3=O)c(-c3ccc(C)cc3)n2)cc1. The number of nitrogens with two attached hydrogens (primary N) is 1. The molecule has 2 aromatic carbocycles. The van der Waals surface area contributed by atoms with Crippen molar-refractivity contribution in [3.05, 3.63) is 105 Å². The van der Waals surface area contributed by atoms with Gasteiger partial charge in [-0.05, 0) is 38.0 Å². The van der Waals surface area contributed by atoms with Gasteiger partial charge in [0.15, 0.2) is 0 Å². The van der Waals surface area contributed by atoms with Crippen molar-refractivity contribution < 1.29 is 0 Å². The van der Waals surface area contributed by atoms with Crippen LogP contribution in [0.15, 0.2) is 76.8 Å². The van der Waals surface area contributed by atoms with Crippen LogP contribution < -0.4 is 11.3 Å². The average Bonchev–Trinajstić information content (AvgIpc) is 3.12. The van der Waals surface area contributed by atoms with E-state index in [1.54, 1.807) is 12.3 Å². The van der Waals surface area contributed by atoms with E-state index in [-0.39, 0.29) is 5.56 Å². The molecule has 0 atom stereocenters. The Kier molecular flexibility index (Phi) is 5.54. The molecular formula is C25H25N5O. The fraction of sp³-hybridized carbons (Fsp3) is 0.160. The summed E-state index contributed by atoms with van der Waals surface area (Å²) in [5.41, 5.74) is 12.7. The molecule has 0 fully saturated rings. The summed E-state index contributed by atoms with van der Waals surface area (Å²) in [5, 5.41) is 9.16. The number of rotatable bonds is 5. The number of anilines is 1. The van der Waals surface area contributed by atoms with Crippen molar-refractivity contribution in [1.82, 2.24) is 14.5 Å². The van der Waals surface area contributed by atoms with Crippen molar-refractivity contribution in [2.45, 2.75) is 27.3 Å². The summed E-state index contributed by atoms with van der Waals surface area (Å²) in [6, 6.07) is 19.8. The molecule has 31 heavy (non-hydrogen) atoms. The average molecular weight is 412 g/mol. The smallest absolute Gasteiger partial charge is 0.273 e. The van der Waals surface area contributed by atoms with Gasteiger partial charge in [-0.3, -0.25) is 9.48 Å². The van der Waals surface area contributed by atoms with E-state index in [9.17, 15) is 4.79 Å². The monoisotopic (exact) mass is 411 g/mol. The van der Waals surface area contributed by atoms with Gasteiger partial charge in [-0.2, -0.15) is 14.9 Å². The minimum absolute atomic E-state index is 0.266. The molecule has 0 aliphatic rings. The van der Waals surface area contributed by atoms with Crippen molar-refractivity contribution in [3.63, 3.8) is 0 Å². The number of benzene rings is 2. The topological polar surface area (TPSA) is 78.2 Å². The van der Waals surface area contributed by atoms with Gasteiger partial charge in [-0.25, -0.2) is 0 Å². The first kappa shape index (κ1) is 20.3. The number of nitrogen functional groups attached to an aromatic ring is 1. The minimum Gasteiger partial charge on any atom is -0.384 e. The minimum atomic E-state index is -0.266. The highest BCUT2D eigenvalue weighted by Crippen LogP contribution is 2.22. The van der Waals surface area contributed by atoms with Gasteiger partial charge in [-0.15, -0.1) is 0 Å². The van der Waals surface area contributed by atoms with E-state index >= 15 is 0 Å². The summed E-state index contributed by atoms with van der Waals surface area (Å²) in [6.45, 7) is 6.59. The standard InChI is InChI=1S/C25H25N5O/c1-17-4-8-20(9-5-17)15-29-16-22(25(28-29)21-10-6-18(2)7-11-21)14-27-30-23(26)12-19(3)13-24(30)31/h4-14,16H,15,26H2,1-3H3/b27-14-. The normalized spacial score (nSPS) is 11.3. The number of hydrogen-bond acceptors (Lipinski definition) is 4. The molecule has 4 rings (SSSR count).